The van der Waals surface area contributed by atoms with Crippen LogP contribution in [0.15, 0.2) is 0 Å². The van der Waals surface area contributed by atoms with Gasteiger partial charge in [-0.15, -0.1) is 0 Å². The van der Waals surface area contributed by atoms with Crippen molar-refractivity contribution in [2.75, 3.05) is 6.61 Å². The van der Waals surface area contributed by atoms with Gasteiger partial charge < -0.3 is 29.2 Å². The summed E-state index contributed by atoms with van der Waals surface area (Å²) in [6.45, 7) is 3.04. The summed E-state index contributed by atoms with van der Waals surface area (Å²) in [5, 5.41) is 19.4. The molecule has 0 amide bonds. The van der Waals surface area contributed by atoms with E-state index >= 15 is 0 Å². The van der Waals surface area contributed by atoms with Gasteiger partial charge >= 0.3 is 17.9 Å². The van der Waals surface area contributed by atoms with E-state index in [-0.39, 0.29) is 6.61 Å². The number of ether oxygens (including phenoxy) is 4. The molecule has 0 bridgehead atoms. The first-order valence-corrected chi connectivity index (χ1v) is 6.21. The molecule has 1 aliphatic rings. The standard InChI is InChI=1S/C12H18O9/c1-5(13)18-4-8-10(19-6(2)14)11(20-7(3)15)9(16)12(17)21-8/h8-12,16-17H,4H2,1-3H3/t8-,9-,10+,11+,12+/m0/s1. The maximum Gasteiger partial charge on any atom is 0.303 e. The van der Waals surface area contributed by atoms with Crippen LogP contribution in [0.5, 0.6) is 0 Å². The average molecular weight is 306 g/mol. The molecule has 21 heavy (non-hydrogen) atoms. The van der Waals surface area contributed by atoms with Crippen molar-refractivity contribution in [1.82, 2.24) is 0 Å². The minimum atomic E-state index is -1.68. The Morgan fingerprint density at radius 3 is 1.95 bits per heavy atom. The average Bonchev–Trinajstić information content (AvgIpc) is 2.35. The minimum Gasteiger partial charge on any atom is -0.463 e. The van der Waals surface area contributed by atoms with Gasteiger partial charge in [-0.2, -0.15) is 0 Å². The van der Waals surface area contributed by atoms with E-state index in [0.29, 0.717) is 0 Å². The second-order valence-electron chi connectivity index (χ2n) is 4.51. The van der Waals surface area contributed by atoms with Crippen LogP contribution < -0.4 is 0 Å². The maximum atomic E-state index is 11.1. The fourth-order valence-electron chi connectivity index (χ4n) is 1.90. The molecule has 9 heteroatoms. The second-order valence-corrected chi connectivity index (χ2v) is 4.51. The number of hydrogen-bond acceptors (Lipinski definition) is 9. The zero-order chi connectivity index (χ0) is 16.2. The maximum absolute atomic E-state index is 11.1. The van der Waals surface area contributed by atoms with Crippen LogP contribution in [0.25, 0.3) is 0 Å². The molecule has 0 aromatic carbocycles. The second kappa shape index (κ2) is 7.34. The van der Waals surface area contributed by atoms with Crippen LogP contribution in [0, 0.1) is 0 Å². The van der Waals surface area contributed by atoms with Gasteiger partial charge in [0.2, 0.25) is 0 Å². The Labute approximate surface area is 120 Å². The van der Waals surface area contributed by atoms with Gasteiger partial charge in [0.15, 0.2) is 18.5 Å². The van der Waals surface area contributed by atoms with Crippen LogP contribution in [0.1, 0.15) is 20.8 Å². The van der Waals surface area contributed by atoms with Crippen molar-refractivity contribution < 1.29 is 43.5 Å². The van der Waals surface area contributed by atoms with Crippen LogP contribution in [0.4, 0.5) is 0 Å². The third-order valence-electron chi connectivity index (χ3n) is 2.69. The van der Waals surface area contributed by atoms with Gasteiger partial charge in [-0.25, -0.2) is 0 Å². The zero-order valence-electron chi connectivity index (χ0n) is 11.8. The van der Waals surface area contributed by atoms with Crippen molar-refractivity contribution in [1.29, 1.82) is 0 Å². The summed E-state index contributed by atoms with van der Waals surface area (Å²) in [5.41, 5.74) is 0. The Morgan fingerprint density at radius 1 is 0.952 bits per heavy atom. The molecule has 1 saturated heterocycles. The molecular weight excluding hydrogens is 288 g/mol. The predicted molar refractivity (Wildman–Crippen MR) is 64.6 cm³/mol. The number of carbonyl (C=O) groups excluding carboxylic acids is 3. The predicted octanol–water partition coefficient (Wildman–Crippen LogP) is -1.51. The number of aliphatic hydroxyl groups excluding tert-OH is 2. The first-order valence-electron chi connectivity index (χ1n) is 6.21. The fourth-order valence-corrected chi connectivity index (χ4v) is 1.90. The molecule has 0 aromatic rings. The lowest BCUT2D eigenvalue weighted by Gasteiger charge is -2.41. The van der Waals surface area contributed by atoms with Gasteiger partial charge in [0.05, 0.1) is 0 Å². The molecule has 0 saturated carbocycles. The largest absolute Gasteiger partial charge is 0.463 e. The number of carbonyl (C=O) groups is 3. The van der Waals surface area contributed by atoms with Gasteiger partial charge in [-0.05, 0) is 0 Å². The van der Waals surface area contributed by atoms with E-state index in [9.17, 15) is 24.6 Å². The molecule has 1 fully saturated rings. The molecule has 120 valence electrons. The Balaban J connectivity index is 2.94. The third-order valence-corrected chi connectivity index (χ3v) is 2.69. The van der Waals surface area contributed by atoms with Gasteiger partial charge in [0.1, 0.15) is 18.8 Å². The van der Waals surface area contributed by atoms with Gasteiger partial charge in [-0.1, -0.05) is 0 Å². The summed E-state index contributed by atoms with van der Waals surface area (Å²) in [6.07, 6.45) is -6.92. The van der Waals surface area contributed by atoms with E-state index in [1.165, 1.54) is 6.92 Å². The number of hydrogen-bond donors (Lipinski definition) is 2. The van der Waals surface area contributed by atoms with E-state index in [2.05, 4.69) is 0 Å². The highest BCUT2D eigenvalue weighted by Gasteiger charge is 2.49. The van der Waals surface area contributed by atoms with E-state index in [1.807, 2.05) is 0 Å². The summed E-state index contributed by atoms with van der Waals surface area (Å²) in [5.74, 6) is -2.06. The smallest absolute Gasteiger partial charge is 0.303 e. The lowest BCUT2D eigenvalue weighted by Crippen LogP contribution is -2.61. The number of aliphatic hydroxyl groups is 2. The fraction of sp³-hybridized carbons (Fsp3) is 0.750. The summed E-state index contributed by atoms with van der Waals surface area (Å²) < 4.78 is 19.6. The Morgan fingerprint density at radius 2 is 1.48 bits per heavy atom. The van der Waals surface area contributed by atoms with Crippen molar-refractivity contribution in [3.8, 4) is 0 Å². The number of esters is 3. The highest BCUT2D eigenvalue weighted by molar-refractivity contribution is 5.67. The normalized spacial score (nSPS) is 32.1. The summed E-state index contributed by atoms with van der Waals surface area (Å²) >= 11 is 0. The van der Waals surface area contributed by atoms with Crippen molar-refractivity contribution in [3.05, 3.63) is 0 Å². The molecule has 1 heterocycles. The molecule has 0 radical (unpaired) electrons. The van der Waals surface area contributed by atoms with Gasteiger partial charge in [0.25, 0.3) is 0 Å². The summed E-state index contributed by atoms with van der Waals surface area (Å²) in [6, 6.07) is 0. The Bertz CT molecular complexity index is 408. The quantitative estimate of drug-likeness (QED) is 0.470. The minimum absolute atomic E-state index is 0.338. The molecule has 2 N–H and O–H groups in total. The lowest BCUT2D eigenvalue weighted by atomic mass is 9.98. The van der Waals surface area contributed by atoms with Crippen LogP contribution in [-0.2, 0) is 33.3 Å². The van der Waals surface area contributed by atoms with Crippen LogP contribution in [0.3, 0.4) is 0 Å². The van der Waals surface area contributed by atoms with E-state index < -0.39 is 48.6 Å². The first-order chi connectivity index (χ1) is 9.72. The lowest BCUT2D eigenvalue weighted by molar-refractivity contribution is -0.293. The SMILES string of the molecule is CC(=O)OC[C@@H]1O[C@@H](O)[C@@H](O)[C@@H](OC(C)=O)[C@@H]1OC(C)=O. The third kappa shape index (κ3) is 4.96. The van der Waals surface area contributed by atoms with Crippen LogP contribution in [0.2, 0.25) is 0 Å². The van der Waals surface area contributed by atoms with Gasteiger partial charge in [0, 0.05) is 20.8 Å². The highest BCUT2D eigenvalue weighted by atomic mass is 16.7. The first kappa shape index (κ1) is 17.3. The van der Waals surface area contributed by atoms with E-state index in [0.717, 1.165) is 13.8 Å². The van der Waals surface area contributed by atoms with Crippen LogP contribution >= 0.6 is 0 Å². The van der Waals surface area contributed by atoms with E-state index in [1.54, 1.807) is 0 Å². The monoisotopic (exact) mass is 306 g/mol. The molecule has 0 aromatic heterocycles. The molecular formula is C12H18O9. The molecule has 0 unspecified atom stereocenters. The molecule has 1 rings (SSSR count). The zero-order valence-corrected chi connectivity index (χ0v) is 11.8. The molecule has 0 spiro atoms. The molecule has 1 aliphatic heterocycles. The van der Waals surface area contributed by atoms with Gasteiger partial charge in [-0.3, -0.25) is 14.4 Å². The highest BCUT2D eigenvalue weighted by Crippen LogP contribution is 2.25. The van der Waals surface area contributed by atoms with Crippen LogP contribution in [-0.4, -0.2) is 65.4 Å². The molecule has 0 aliphatic carbocycles. The van der Waals surface area contributed by atoms with Crippen molar-refractivity contribution in [3.63, 3.8) is 0 Å². The molecule has 9 nitrogen and oxygen atoms in total. The van der Waals surface area contributed by atoms with Crippen molar-refractivity contribution in [2.24, 2.45) is 0 Å². The van der Waals surface area contributed by atoms with Crippen molar-refractivity contribution >= 4 is 17.9 Å². The molecule has 5 atom stereocenters. The topological polar surface area (TPSA) is 129 Å². The Hall–Kier alpha value is -1.71. The summed E-state index contributed by atoms with van der Waals surface area (Å²) in [7, 11) is 0. The number of rotatable bonds is 4. The van der Waals surface area contributed by atoms with Crippen molar-refractivity contribution in [2.45, 2.75) is 51.5 Å². The Kier molecular flexibility index (Phi) is 6.06. The van der Waals surface area contributed by atoms with E-state index in [4.69, 9.17) is 18.9 Å². The summed E-state index contributed by atoms with van der Waals surface area (Å²) in [4.78, 5) is 33.1.